The average Bonchev–Trinajstić information content (AvgIpc) is 2.18. The Morgan fingerprint density at radius 1 is 1.41 bits per heavy atom. The summed E-state index contributed by atoms with van der Waals surface area (Å²) in [5, 5.41) is 8.53. The summed E-state index contributed by atoms with van der Waals surface area (Å²) in [7, 11) is 0. The molecule has 0 aromatic heterocycles. The highest BCUT2D eigenvalue weighted by molar-refractivity contribution is 5.75. The highest BCUT2D eigenvalue weighted by Crippen LogP contribution is 2.29. The minimum absolute atomic E-state index is 0.584. The maximum atomic E-state index is 13.4. The predicted molar refractivity (Wildman–Crippen MR) is 47.6 cm³/mol. The van der Waals surface area contributed by atoms with E-state index >= 15 is 0 Å². The minimum Gasteiger partial charge on any atom is -0.480 e. The van der Waals surface area contributed by atoms with Crippen molar-refractivity contribution in [2.24, 2.45) is 5.73 Å². The number of rotatable bonds is 3. The Balaban J connectivity index is 3.12. The van der Waals surface area contributed by atoms with Gasteiger partial charge in [-0.05, 0) is 6.07 Å². The van der Waals surface area contributed by atoms with Crippen LogP contribution in [0, 0.1) is 5.82 Å². The lowest BCUT2D eigenvalue weighted by molar-refractivity contribution is -0.275. The lowest BCUT2D eigenvalue weighted by Crippen LogP contribution is -2.23. The SMILES string of the molecule is NC(C(=O)O)c1cccc(OC(F)(F)F)c1F. The van der Waals surface area contributed by atoms with Crippen LogP contribution < -0.4 is 10.5 Å². The molecule has 8 heteroatoms. The van der Waals surface area contributed by atoms with Crippen molar-refractivity contribution in [3.63, 3.8) is 0 Å². The van der Waals surface area contributed by atoms with Gasteiger partial charge in [-0.2, -0.15) is 0 Å². The number of hydrogen-bond donors (Lipinski definition) is 2. The number of halogens is 4. The first-order valence-electron chi connectivity index (χ1n) is 4.25. The summed E-state index contributed by atoms with van der Waals surface area (Å²) in [5.74, 6) is -4.13. The standard InChI is InChI=1S/C9H7F4NO3/c10-6-4(7(14)8(15)16)2-1-3-5(6)17-9(11,12)13/h1-3,7H,14H2,(H,15,16). The fourth-order valence-corrected chi connectivity index (χ4v) is 1.10. The summed E-state index contributed by atoms with van der Waals surface area (Å²) in [6, 6.07) is 0.951. The summed E-state index contributed by atoms with van der Waals surface area (Å²) in [5.41, 5.74) is 4.51. The number of alkyl halides is 3. The molecule has 94 valence electrons. The Morgan fingerprint density at radius 3 is 2.47 bits per heavy atom. The number of hydrogen-bond acceptors (Lipinski definition) is 3. The highest BCUT2D eigenvalue weighted by Gasteiger charge is 2.33. The Kier molecular flexibility index (Phi) is 3.56. The molecule has 1 aromatic rings. The molecule has 0 amide bonds. The van der Waals surface area contributed by atoms with Gasteiger partial charge in [0.15, 0.2) is 11.6 Å². The van der Waals surface area contributed by atoms with Crippen LogP contribution in [0.1, 0.15) is 11.6 Å². The van der Waals surface area contributed by atoms with Gasteiger partial charge in [0, 0.05) is 5.56 Å². The van der Waals surface area contributed by atoms with E-state index in [1.54, 1.807) is 0 Å². The van der Waals surface area contributed by atoms with Gasteiger partial charge in [-0.15, -0.1) is 13.2 Å². The second-order valence-electron chi connectivity index (χ2n) is 3.02. The number of carboxylic acids is 1. The van der Waals surface area contributed by atoms with Crippen LogP contribution in [0.4, 0.5) is 17.6 Å². The van der Waals surface area contributed by atoms with E-state index in [1.165, 1.54) is 0 Å². The first kappa shape index (κ1) is 13.2. The first-order valence-corrected chi connectivity index (χ1v) is 4.25. The molecule has 0 radical (unpaired) electrons. The largest absolute Gasteiger partial charge is 0.573 e. The normalized spacial score (nSPS) is 13.2. The van der Waals surface area contributed by atoms with Crippen LogP contribution in [0.25, 0.3) is 0 Å². The van der Waals surface area contributed by atoms with Gasteiger partial charge in [0.05, 0.1) is 0 Å². The van der Waals surface area contributed by atoms with E-state index in [2.05, 4.69) is 4.74 Å². The summed E-state index contributed by atoms with van der Waals surface area (Å²) < 4.78 is 52.5. The van der Waals surface area contributed by atoms with Crippen LogP contribution in [0.15, 0.2) is 18.2 Å². The van der Waals surface area contributed by atoms with Crippen LogP contribution in [-0.2, 0) is 4.79 Å². The zero-order valence-corrected chi connectivity index (χ0v) is 8.16. The van der Waals surface area contributed by atoms with E-state index in [-0.39, 0.29) is 0 Å². The molecule has 0 saturated carbocycles. The van der Waals surface area contributed by atoms with Gasteiger partial charge in [0.1, 0.15) is 6.04 Å². The molecule has 0 heterocycles. The third-order valence-corrected chi connectivity index (χ3v) is 1.82. The first-order chi connectivity index (χ1) is 7.72. The predicted octanol–water partition coefficient (Wildman–Crippen LogP) is 1.81. The summed E-state index contributed by atoms with van der Waals surface area (Å²) >= 11 is 0. The van der Waals surface area contributed by atoms with E-state index in [0.29, 0.717) is 0 Å². The van der Waals surface area contributed by atoms with Crippen molar-refractivity contribution in [3.05, 3.63) is 29.6 Å². The Morgan fingerprint density at radius 2 is 2.00 bits per heavy atom. The quantitative estimate of drug-likeness (QED) is 0.806. The zero-order chi connectivity index (χ0) is 13.2. The number of carboxylic acid groups (broad SMARTS) is 1. The molecule has 0 spiro atoms. The van der Waals surface area contributed by atoms with E-state index in [0.717, 1.165) is 18.2 Å². The number of aliphatic carboxylic acids is 1. The summed E-state index contributed by atoms with van der Waals surface area (Å²) in [6.07, 6.45) is -5.06. The molecule has 3 N–H and O–H groups in total. The second-order valence-corrected chi connectivity index (χ2v) is 3.02. The van der Waals surface area contributed by atoms with Crippen LogP contribution in [-0.4, -0.2) is 17.4 Å². The minimum atomic E-state index is -5.06. The van der Waals surface area contributed by atoms with E-state index in [1.807, 2.05) is 0 Å². The lowest BCUT2D eigenvalue weighted by atomic mass is 10.1. The number of benzene rings is 1. The Labute approximate surface area is 92.6 Å². The van der Waals surface area contributed by atoms with Gasteiger partial charge < -0.3 is 15.6 Å². The van der Waals surface area contributed by atoms with Crippen molar-refractivity contribution < 1.29 is 32.2 Å². The molecular formula is C9H7F4NO3. The third kappa shape index (κ3) is 3.31. The molecule has 0 bridgehead atoms. The summed E-state index contributed by atoms with van der Waals surface area (Å²) in [4.78, 5) is 10.5. The fourth-order valence-electron chi connectivity index (χ4n) is 1.10. The molecule has 0 aliphatic heterocycles. The van der Waals surface area contributed by atoms with Crippen LogP contribution in [0.5, 0.6) is 5.75 Å². The highest BCUT2D eigenvalue weighted by atomic mass is 19.4. The zero-order valence-electron chi connectivity index (χ0n) is 8.16. The van der Waals surface area contributed by atoms with Crippen molar-refractivity contribution in [2.75, 3.05) is 0 Å². The molecule has 1 unspecified atom stereocenters. The molecule has 1 rings (SSSR count). The van der Waals surface area contributed by atoms with Crippen LogP contribution in [0.3, 0.4) is 0 Å². The van der Waals surface area contributed by atoms with Gasteiger partial charge in [-0.1, -0.05) is 12.1 Å². The van der Waals surface area contributed by atoms with Gasteiger partial charge in [-0.25, -0.2) is 4.39 Å². The molecular weight excluding hydrogens is 246 g/mol. The van der Waals surface area contributed by atoms with Gasteiger partial charge >= 0.3 is 12.3 Å². The maximum Gasteiger partial charge on any atom is 0.573 e. The third-order valence-electron chi connectivity index (χ3n) is 1.82. The van der Waals surface area contributed by atoms with E-state index in [9.17, 15) is 22.4 Å². The van der Waals surface area contributed by atoms with Gasteiger partial charge in [-0.3, -0.25) is 4.79 Å². The molecule has 1 atom stereocenters. The molecule has 0 fully saturated rings. The van der Waals surface area contributed by atoms with E-state index < -0.39 is 35.5 Å². The van der Waals surface area contributed by atoms with Crippen molar-refractivity contribution in [1.29, 1.82) is 0 Å². The summed E-state index contributed by atoms with van der Waals surface area (Å²) in [6.45, 7) is 0. The maximum absolute atomic E-state index is 13.4. The van der Waals surface area contributed by atoms with Gasteiger partial charge in [0.25, 0.3) is 0 Å². The van der Waals surface area contributed by atoms with E-state index in [4.69, 9.17) is 10.8 Å². The number of carbonyl (C=O) groups is 1. The molecule has 4 nitrogen and oxygen atoms in total. The fraction of sp³-hybridized carbons (Fsp3) is 0.222. The number of nitrogens with two attached hydrogens (primary N) is 1. The monoisotopic (exact) mass is 253 g/mol. The Bertz CT molecular complexity index is 433. The lowest BCUT2D eigenvalue weighted by Gasteiger charge is -2.13. The molecule has 0 aliphatic carbocycles. The van der Waals surface area contributed by atoms with Crippen LogP contribution in [0.2, 0.25) is 0 Å². The average molecular weight is 253 g/mol. The molecule has 0 aliphatic rings. The molecule has 0 saturated heterocycles. The number of ether oxygens (including phenoxy) is 1. The molecule has 17 heavy (non-hydrogen) atoms. The second kappa shape index (κ2) is 4.58. The molecule has 1 aromatic carbocycles. The Hall–Kier alpha value is -1.83. The van der Waals surface area contributed by atoms with Crippen molar-refractivity contribution in [2.45, 2.75) is 12.4 Å². The topological polar surface area (TPSA) is 72.6 Å². The van der Waals surface area contributed by atoms with Gasteiger partial charge in [0.2, 0.25) is 0 Å². The smallest absolute Gasteiger partial charge is 0.480 e. The van der Waals surface area contributed by atoms with Crippen molar-refractivity contribution in [3.8, 4) is 5.75 Å². The van der Waals surface area contributed by atoms with Crippen molar-refractivity contribution >= 4 is 5.97 Å². The van der Waals surface area contributed by atoms with Crippen molar-refractivity contribution in [1.82, 2.24) is 0 Å². The van der Waals surface area contributed by atoms with Crippen LogP contribution >= 0.6 is 0 Å².